The van der Waals surface area contributed by atoms with E-state index in [1.807, 2.05) is 12.1 Å². The number of oxazole rings is 1. The first-order chi connectivity index (χ1) is 11.2. The number of methoxy groups -OCH3 is 1. The number of rotatable bonds is 5. The Bertz CT molecular complexity index is 877. The van der Waals surface area contributed by atoms with Crippen molar-refractivity contribution < 1.29 is 13.9 Å². The number of aromatic amines is 1. The van der Waals surface area contributed by atoms with Crippen molar-refractivity contribution in [2.75, 3.05) is 13.7 Å². The molecule has 23 heavy (non-hydrogen) atoms. The smallest absolute Gasteiger partial charge is 0.417 e. The fourth-order valence-corrected chi connectivity index (χ4v) is 2.32. The van der Waals surface area contributed by atoms with Crippen molar-refractivity contribution in [1.82, 2.24) is 10.3 Å². The Labute approximate surface area is 132 Å². The summed E-state index contributed by atoms with van der Waals surface area (Å²) in [5.74, 6) is 0.111. The Morgan fingerprint density at radius 3 is 2.74 bits per heavy atom. The maximum atomic E-state index is 12.0. The Hall–Kier alpha value is -3.02. The molecule has 3 aromatic rings. The number of H-pyrrole nitrogens is 1. The van der Waals surface area contributed by atoms with Gasteiger partial charge in [0, 0.05) is 12.1 Å². The molecule has 3 rings (SSSR count). The molecule has 1 amide bonds. The molecule has 0 fully saturated rings. The molecule has 0 spiro atoms. The average Bonchev–Trinajstić information content (AvgIpc) is 2.94. The van der Waals surface area contributed by atoms with Gasteiger partial charge < -0.3 is 14.5 Å². The van der Waals surface area contributed by atoms with E-state index in [1.54, 1.807) is 37.4 Å². The first-order valence-electron chi connectivity index (χ1n) is 7.20. The van der Waals surface area contributed by atoms with Gasteiger partial charge in [-0.25, -0.2) is 4.79 Å². The zero-order valence-electron chi connectivity index (χ0n) is 12.6. The van der Waals surface area contributed by atoms with Crippen LogP contribution >= 0.6 is 0 Å². The summed E-state index contributed by atoms with van der Waals surface area (Å²) in [5.41, 5.74) is 2.78. The van der Waals surface area contributed by atoms with E-state index < -0.39 is 5.76 Å². The van der Waals surface area contributed by atoms with Crippen LogP contribution in [0.15, 0.2) is 51.7 Å². The largest absolute Gasteiger partial charge is 0.497 e. The van der Waals surface area contributed by atoms with Crippen molar-refractivity contribution in [3.05, 3.63) is 64.1 Å². The predicted molar refractivity (Wildman–Crippen MR) is 85.9 cm³/mol. The molecule has 0 aliphatic heterocycles. The van der Waals surface area contributed by atoms with E-state index in [4.69, 9.17) is 9.15 Å². The molecule has 0 radical (unpaired) electrons. The maximum Gasteiger partial charge on any atom is 0.417 e. The van der Waals surface area contributed by atoms with E-state index in [9.17, 15) is 9.59 Å². The minimum atomic E-state index is -0.468. The minimum absolute atomic E-state index is 0.134. The Kier molecular flexibility index (Phi) is 4.14. The van der Waals surface area contributed by atoms with Crippen LogP contribution < -0.4 is 15.8 Å². The second-order valence-electron chi connectivity index (χ2n) is 5.08. The van der Waals surface area contributed by atoms with E-state index in [2.05, 4.69) is 10.3 Å². The van der Waals surface area contributed by atoms with Crippen LogP contribution in [-0.2, 0) is 6.42 Å². The number of carbonyl (C=O) groups is 1. The minimum Gasteiger partial charge on any atom is -0.497 e. The van der Waals surface area contributed by atoms with E-state index in [1.165, 1.54) is 0 Å². The average molecular weight is 312 g/mol. The number of fused-ring (bicyclic) bond motifs is 1. The highest BCUT2D eigenvalue weighted by Crippen LogP contribution is 2.13. The third-order valence-electron chi connectivity index (χ3n) is 3.53. The molecule has 118 valence electrons. The van der Waals surface area contributed by atoms with Crippen molar-refractivity contribution in [2.45, 2.75) is 6.42 Å². The van der Waals surface area contributed by atoms with Gasteiger partial charge in [0.15, 0.2) is 5.58 Å². The van der Waals surface area contributed by atoms with Crippen molar-refractivity contribution in [1.29, 1.82) is 0 Å². The summed E-state index contributed by atoms with van der Waals surface area (Å²) in [6.45, 7) is 0.498. The highest BCUT2D eigenvalue weighted by molar-refractivity contribution is 5.94. The molecule has 1 aromatic heterocycles. The van der Waals surface area contributed by atoms with E-state index in [0.29, 0.717) is 35.4 Å². The van der Waals surface area contributed by atoms with Crippen LogP contribution in [0.1, 0.15) is 15.9 Å². The molecule has 0 bridgehead atoms. The number of benzene rings is 2. The van der Waals surface area contributed by atoms with Crippen molar-refractivity contribution in [3.8, 4) is 5.75 Å². The van der Waals surface area contributed by atoms with Crippen LogP contribution in [0.5, 0.6) is 5.75 Å². The summed E-state index contributed by atoms with van der Waals surface area (Å²) in [6.07, 6.45) is 0.658. The molecule has 0 unspecified atom stereocenters. The SMILES string of the molecule is COc1ccc(C(=O)NCCc2ccc3oc(=O)[nH]c3c2)cc1. The lowest BCUT2D eigenvalue weighted by atomic mass is 10.1. The normalized spacial score (nSPS) is 10.7. The van der Waals surface area contributed by atoms with Crippen LogP contribution in [0, 0.1) is 0 Å². The van der Waals surface area contributed by atoms with E-state index in [0.717, 1.165) is 5.56 Å². The Morgan fingerprint density at radius 1 is 1.22 bits per heavy atom. The van der Waals surface area contributed by atoms with Crippen LogP contribution in [-0.4, -0.2) is 24.5 Å². The van der Waals surface area contributed by atoms with Crippen molar-refractivity contribution >= 4 is 17.0 Å². The second-order valence-corrected chi connectivity index (χ2v) is 5.08. The summed E-state index contributed by atoms with van der Waals surface area (Å²) in [6, 6.07) is 12.4. The number of carbonyl (C=O) groups excluding carboxylic acids is 1. The summed E-state index contributed by atoms with van der Waals surface area (Å²) >= 11 is 0. The number of nitrogens with one attached hydrogen (secondary N) is 2. The number of amides is 1. The highest BCUT2D eigenvalue weighted by Gasteiger charge is 2.06. The molecular weight excluding hydrogens is 296 g/mol. The fourth-order valence-electron chi connectivity index (χ4n) is 2.32. The van der Waals surface area contributed by atoms with Gasteiger partial charge in [0.1, 0.15) is 5.75 Å². The van der Waals surface area contributed by atoms with Gasteiger partial charge in [0.2, 0.25) is 0 Å². The molecular formula is C17H16N2O4. The van der Waals surface area contributed by atoms with E-state index in [-0.39, 0.29) is 5.91 Å². The standard InChI is InChI=1S/C17H16N2O4/c1-22-13-5-3-12(4-6-13)16(20)18-9-8-11-2-7-15-14(10-11)19-17(21)23-15/h2-7,10H,8-9H2,1H3,(H,18,20)(H,19,21). The summed E-state index contributed by atoms with van der Waals surface area (Å²) in [4.78, 5) is 25.8. The molecule has 6 nitrogen and oxygen atoms in total. The third kappa shape index (κ3) is 3.42. The molecule has 6 heteroatoms. The number of hydrogen-bond donors (Lipinski definition) is 2. The summed E-state index contributed by atoms with van der Waals surface area (Å²) in [5, 5.41) is 2.86. The molecule has 2 N–H and O–H groups in total. The number of ether oxygens (including phenoxy) is 1. The van der Waals surface area contributed by atoms with Gasteiger partial charge in [-0.3, -0.25) is 9.78 Å². The summed E-state index contributed by atoms with van der Waals surface area (Å²) in [7, 11) is 1.58. The van der Waals surface area contributed by atoms with Gasteiger partial charge in [-0.15, -0.1) is 0 Å². The topological polar surface area (TPSA) is 84.3 Å². The quantitative estimate of drug-likeness (QED) is 0.755. The lowest BCUT2D eigenvalue weighted by Gasteiger charge is -2.06. The maximum absolute atomic E-state index is 12.0. The first kappa shape index (κ1) is 14.9. The van der Waals surface area contributed by atoms with Crippen LogP contribution in [0.25, 0.3) is 11.1 Å². The van der Waals surface area contributed by atoms with Gasteiger partial charge in [-0.2, -0.15) is 0 Å². The van der Waals surface area contributed by atoms with E-state index >= 15 is 0 Å². The Morgan fingerprint density at radius 2 is 2.00 bits per heavy atom. The zero-order chi connectivity index (χ0) is 16.2. The molecule has 0 atom stereocenters. The molecule has 2 aromatic carbocycles. The fraction of sp³-hybridized carbons (Fsp3) is 0.176. The van der Waals surface area contributed by atoms with Gasteiger partial charge >= 0.3 is 5.76 Å². The van der Waals surface area contributed by atoms with Gasteiger partial charge in [0.05, 0.1) is 12.6 Å². The second kappa shape index (κ2) is 6.39. The third-order valence-corrected chi connectivity index (χ3v) is 3.53. The van der Waals surface area contributed by atoms with Crippen LogP contribution in [0.2, 0.25) is 0 Å². The van der Waals surface area contributed by atoms with Crippen molar-refractivity contribution in [2.24, 2.45) is 0 Å². The molecule has 0 saturated carbocycles. The Balaban J connectivity index is 1.58. The van der Waals surface area contributed by atoms with Gasteiger partial charge in [-0.1, -0.05) is 6.07 Å². The lowest BCUT2D eigenvalue weighted by Crippen LogP contribution is -2.25. The van der Waals surface area contributed by atoms with Gasteiger partial charge in [-0.05, 0) is 48.4 Å². The first-order valence-corrected chi connectivity index (χ1v) is 7.20. The monoisotopic (exact) mass is 312 g/mol. The molecule has 0 saturated heterocycles. The van der Waals surface area contributed by atoms with Crippen LogP contribution in [0.4, 0.5) is 0 Å². The predicted octanol–water partition coefficient (Wildman–Crippen LogP) is 2.10. The van der Waals surface area contributed by atoms with Crippen LogP contribution in [0.3, 0.4) is 0 Å². The van der Waals surface area contributed by atoms with Gasteiger partial charge in [0.25, 0.3) is 5.91 Å². The number of aromatic nitrogens is 1. The molecule has 0 aliphatic rings. The highest BCUT2D eigenvalue weighted by atomic mass is 16.5. The summed E-state index contributed by atoms with van der Waals surface area (Å²) < 4.78 is 10.0. The van der Waals surface area contributed by atoms with Crippen molar-refractivity contribution in [3.63, 3.8) is 0 Å². The number of hydrogen-bond acceptors (Lipinski definition) is 4. The lowest BCUT2D eigenvalue weighted by molar-refractivity contribution is 0.0954. The molecule has 1 heterocycles. The molecule has 0 aliphatic carbocycles. The zero-order valence-corrected chi connectivity index (χ0v) is 12.6.